The first-order chi connectivity index (χ1) is 17.4. The average molecular weight is 558 g/mol. The van der Waals surface area contributed by atoms with Crippen LogP contribution in [0.5, 0.6) is 0 Å². The fraction of sp³-hybridized carbons (Fsp3) is 0.387. The number of thiocarbonyl (C=S) groups is 1. The zero-order chi connectivity index (χ0) is 27.2. The van der Waals surface area contributed by atoms with E-state index >= 15 is 0 Å². The zero-order valence-electron chi connectivity index (χ0n) is 23.0. The van der Waals surface area contributed by atoms with Crippen molar-refractivity contribution in [2.45, 2.75) is 53.6 Å². The van der Waals surface area contributed by atoms with Gasteiger partial charge in [-0.3, -0.25) is 0 Å². The lowest BCUT2D eigenvalue weighted by Crippen LogP contribution is -2.40. The predicted octanol–water partition coefficient (Wildman–Crippen LogP) is 8.48. The maximum absolute atomic E-state index is 6.42. The molecule has 37 heavy (non-hydrogen) atoms. The molecule has 3 aromatic rings. The Morgan fingerprint density at radius 2 is 1.32 bits per heavy atom. The molecule has 3 aromatic carbocycles. The smallest absolute Gasteiger partial charge is 0.173 e. The van der Waals surface area contributed by atoms with Gasteiger partial charge in [0, 0.05) is 18.7 Å². The van der Waals surface area contributed by atoms with Crippen LogP contribution >= 0.6 is 35.4 Å². The molecule has 0 aliphatic carbocycles. The highest BCUT2D eigenvalue weighted by molar-refractivity contribution is 7.80. The number of halogens is 2. The van der Waals surface area contributed by atoms with E-state index in [1.807, 2.05) is 18.2 Å². The molecule has 0 radical (unpaired) electrons. The lowest BCUT2D eigenvalue weighted by Gasteiger charge is -2.31. The van der Waals surface area contributed by atoms with Crippen molar-refractivity contribution in [2.75, 3.05) is 32.5 Å². The van der Waals surface area contributed by atoms with Gasteiger partial charge in [0.2, 0.25) is 0 Å². The summed E-state index contributed by atoms with van der Waals surface area (Å²) < 4.78 is 0.956. The molecule has 0 amide bonds. The molecule has 0 bridgehead atoms. The number of hydrogen-bond acceptors (Lipinski definition) is 1. The van der Waals surface area contributed by atoms with Crippen LogP contribution < -0.4 is 5.32 Å². The van der Waals surface area contributed by atoms with Crippen molar-refractivity contribution in [1.29, 1.82) is 0 Å². The van der Waals surface area contributed by atoms with Gasteiger partial charge in [0.25, 0.3) is 0 Å². The highest BCUT2D eigenvalue weighted by Gasteiger charge is 2.18. The lowest BCUT2D eigenvalue weighted by molar-refractivity contribution is -0.903. The number of benzene rings is 3. The molecular formula is C31H40Cl2N3S+. The van der Waals surface area contributed by atoms with E-state index in [0.717, 1.165) is 43.5 Å². The van der Waals surface area contributed by atoms with Gasteiger partial charge in [0.15, 0.2) is 5.11 Å². The molecule has 6 heteroatoms. The number of unbranched alkanes of at least 4 members (excludes halogenated alkanes) is 1. The molecule has 0 aliphatic rings. The van der Waals surface area contributed by atoms with Gasteiger partial charge in [-0.25, -0.2) is 0 Å². The van der Waals surface area contributed by atoms with E-state index in [1.165, 1.54) is 33.4 Å². The van der Waals surface area contributed by atoms with Crippen LogP contribution in [0.2, 0.25) is 10.0 Å². The summed E-state index contributed by atoms with van der Waals surface area (Å²) in [6.45, 7) is 12.3. The van der Waals surface area contributed by atoms with Gasteiger partial charge in [-0.2, -0.15) is 0 Å². The van der Waals surface area contributed by atoms with E-state index in [2.05, 4.69) is 88.4 Å². The Kier molecular flexibility index (Phi) is 10.4. The Labute approximate surface area is 239 Å². The fourth-order valence-electron chi connectivity index (χ4n) is 5.01. The van der Waals surface area contributed by atoms with Crippen molar-refractivity contribution >= 4 is 46.2 Å². The number of aryl methyl sites for hydroxylation is 4. The maximum atomic E-state index is 6.42. The van der Waals surface area contributed by atoms with Crippen LogP contribution in [0, 0.1) is 27.7 Å². The molecule has 0 aliphatic heterocycles. The van der Waals surface area contributed by atoms with Crippen molar-refractivity contribution in [3.63, 3.8) is 0 Å². The molecule has 0 fully saturated rings. The zero-order valence-corrected chi connectivity index (χ0v) is 25.3. The summed E-state index contributed by atoms with van der Waals surface area (Å²) in [5, 5.41) is 5.08. The summed E-state index contributed by atoms with van der Waals surface area (Å²) in [5.74, 6) is 0. The number of quaternary nitrogens is 1. The van der Waals surface area contributed by atoms with Gasteiger partial charge < -0.3 is 14.7 Å². The Balaban J connectivity index is 1.66. The van der Waals surface area contributed by atoms with E-state index in [1.54, 1.807) is 0 Å². The molecule has 0 saturated heterocycles. The number of rotatable bonds is 10. The van der Waals surface area contributed by atoms with E-state index in [-0.39, 0.29) is 0 Å². The fourth-order valence-corrected chi connectivity index (χ4v) is 5.76. The van der Waals surface area contributed by atoms with Gasteiger partial charge in [-0.05, 0) is 70.5 Å². The Hall–Kier alpha value is -2.11. The highest BCUT2D eigenvalue weighted by atomic mass is 35.5. The van der Waals surface area contributed by atoms with Crippen LogP contribution in [0.1, 0.15) is 46.2 Å². The molecule has 0 spiro atoms. The molecule has 0 saturated carbocycles. The average Bonchev–Trinajstić information content (AvgIpc) is 2.76. The summed E-state index contributed by atoms with van der Waals surface area (Å²) >= 11 is 18.7. The first kappa shape index (κ1) is 29.4. The molecule has 198 valence electrons. The van der Waals surface area contributed by atoms with Crippen molar-refractivity contribution in [3.05, 3.63) is 98.0 Å². The van der Waals surface area contributed by atoms with E-state index in [9.17, 15) is 0 Å². The molecule has 3 rings (SSSR count). The summed E-state index contributed by atoms with van der Waals surface area (Å²) in [7, 11) is 4.63. The molecular weight excluding hydrogens is 517 g/mol. The maximum Gasteiger partial charge on any atom is 0.173 e. The van der Waals surface area contributed by atoms with Crippen LogP contribution in [0.3, 0.4) is 0 Å². The second kappa shape index (κ2) is 13.1. The minimum atomic E-state index is 0.562. The van der Waals surface area contributed by atoms with Crippen molar-refractivity contribution < 1.29 is 4.48 Å². The molecule has 0 aromatic heterocycles. The second-order valence-electron chi connectivity index (χ2n) is 11.0. The quantitative estimate of drug-likeness (QED) is 0.153. The molecule has 3 nitrogen and oxygen atoms in total. The van der Waals surface area contributed by atoms with Crippen molar-refractivity contribution in [2.24, 2.45) is 0 Å². The monoisotopic (exact) mass is 556 g/mol. The topological polar surface area (TPSA) is 15.3 Å². The third-order valence-electron chi connectivity index (χ3n) is 6.47. The summed E-state index contributed by atoms with van der Waals surface area (Å²) in [5.41, 5.74) is 8.49. The molecule has 0 atom stereocenters. The van der Waals surface area contributed by atoms with Crippen LogP contribution in [-0.2, 0) is 13.1 Å². The first-order valence-electron chi connectivity index (χ1n) is 12.9. The number of para-hydroxylation sites is 1. The molecule has 0 heterocycles. The lowest BCUT2D eigenvalue weighted by atomic mass is 10.1. The Bertz CT molecular complexity index is 1180. The number of nitrogens with zero attached hydrogens (tertiary/aromatic N) is 2. The van der Waals surface area contributed by atoms with Crippen LogP contribution in [0.25, 0.3) is 0 Å². The highest BCUT2D eigenvalue weighted by Crippen LogP contribution is 2.30. The summed E-state index contributed by atoms with van der Waals surface area (Å²) in [4.78, 5) is 2.23. The second-order valence-corrected chi connectivity index (χ2v) is 12.2. The van der Waals surface area contributed by atoms with Gasteiger partial charge in [-0.1, -0.05) is 87.9 Å². The Morgan fingerprint density at radius 1 is 0.811 bits per heavy atom. The minimum Gasteiger partial charge on any atom is -0.345 e. The van der Waals surface area contributed by atoms with Crippen molar-refractivity contribution in [1.82, 2.24) is 4.90 Å². The summed E-state index contributed by atoms with van der Waals surface area (Å²) in [6.07, 6.45) is 2.15. The molecule has 0 unspecified atom stereocenters. The normalized spacial score (nSPS) is 11.5. The first-order valence-corrected chi connectivity index (χ1v) is 14.0. The molecule has 1 N–H and O–H groups in total. The third-order valence-corrected chi connectivity index (χ3v) is 7.46. The Morgan fingerprint density at radius 3 is 1.86 bits per heavy atom. The standard InChI is InChI=1S/C31H39Cl2N3S/c1-22-14-23(2)17-26(16-22)20-35(31(37)34-30-28(32)10-9-11-29(30)33)12-7-8-13-36(5,6)21-27-18-24(3)15-25(4)19-27/h9-11,14-19H,7-8,12-13,20-21H2,1-6H3/p+1. The largest absolute Gasteiger partial charge is 0.345 e. The predicted molar refractivity (Wildman–Crippen MR) is 165 cm³/mol. The minimum absolute atomic E-state index is 0.562. The van der Waals surface area contributed by atoms with E-state index < -0.39 is 0 Å². The number of anilines is 1. The van der Waals surface area contributed by atoms with Gasteiger partial charge >= 0.3 is 0 Å². The SMILES string of the molecule is Cc1cc(C)cc(CN(CCCC[N+](C)(C)Cc2cc(C)cc(C)c2)C(=S)Nc2c(Cl)cccc2Cl)c1. The van der Waals surface area contributed by atoms with Crippen LogP contribution in [0.4, 0.5) is 5.69 Å². The van der Waals surface area contributed by atoms with E-state index in [4.69, 9.17) is 35.4 Å². The summed E-state index contributed by atoms with van der Waals surface area (Å²) in [6, 6.07) is 19.0. The number of hydrogen-bond donors (Lipinski definition) is 1. The van der Waals surface area contributed by atoms with E-state index in [0.29, 0.717) is 20.8 Å². The third kappa shape index (κ3) is 9.30. The van der Waals surface area contributed by atoms with Gasteiger partial charge in [-0.15, -0.1) is 0 Å². The van der Waals surface area contributed by atoms with Crippen LogP contribution in [0.15, 0.2) is 54.6 Å². The van der Waals surface area contributed by atoms with Crippen LogP contribution in [-0.4, -0.2) is 41.7 Å². The van der Waals surface area contributed by atoms with Gasteiger partial charge in [0.1, 0.15) is 6.54 Å². The van der Waals surface area contributed by atoms with Crippen molar-refractivity contribution in [3.8, 4) is 0 Å². The van der Waals surface area contributed by atoms with Gasteiger partial charge in [0.05, 0.1) is 36.4 Å². The number of nitrogens with one attached hydrogen (secondary N) is 1.